The van der Waals surface area contributed by atoms with Gasteiger partial charge in [-0.05, 0) is 35.2 Å². The van der Waals surface area contributed by atoms with Crippen molar-refractivity contribution in [3.05, 3.63) is 84.9 Å². The van der Waals surface area contributed by atoms with E-state index in [1.165, 1.54) is 0 Å². The molecule has 156 valence electrons. The Kier molecular flexibility index (Phi) is 5.20. The molecule has 32 heavy (non-hydrogen) atoms. The fourth-order valence-electron chi connectivity index (χ4n) is 3.81. The SMILES string of the molecule is OB(O)c1ccc2c(c1)oc1ccccc12.OB(O)c1ccc2c(c1)oc1ccccc12. The monoisotopic (exact) mass is 424 g/mol. The van der Waals surface area contributed by atoms with Crippen LogP contribution < -0.4 is 10.9 Å². The summed E-state index contributed by atoms with van der Waals surface area (Å²) in [7, 11) is -2.92. The van der Waals surface area contributed by atoms with E-state index in [1.54, 1.807) is 24.3 Å². The first kappa shape index (κ1) is 20.4. The molecule has 0 unspecified atom stereocenters. The maximum absolute atomic E-state index is 9.07. The maximum atomic E-state index is 9.07. The molecule has 6 nitrogen and oxygen atoms in total. The zero-order valence-electron chi connectivity index (χ0n) is 16.8. The van der Waals surface area contributed by atoms with Crippen molar-refractivity contribution in [2.24, 2.45) is 0 Å². The Morgan fingerprint density at radius 2 is 0.812 bits per heavy atom. The molecule has 0 saturated heterocycles. The van der Waals surface area contributed by atoms with Crippen LogP contribution in [0, 0.1) is 0 Å². The van der Waals surface area contributed by atoms with Gasteiger partial charge in [0.05, 0.1) is 0 Å². The van der Waals surface area contributed by atoms with Crippen molar-refractivity contribution in [2.75, 3.05) is 0 Å². The quantitative estimate of drug-likeness (QED) is 0.319. The van der Waals surface area contributed by atoms with Crippen LogP contribution in [0.15, 0.2) is 93.8 Å². The van der Waals surface area contributed by atoms with Crippen molar-refractivity contribution in [1.29, 1.82) is 0 Å². The van der Waals surface area contributed by atoms with Crippen molar-refractivity contribution >= 4 is 69.0 Å². The third-order valence-electron chi connectivity index (χ3n) is 5.40. The second-order valence-corrected chi connectivity index (χ2v) is 7.45. The van der Waals surface area contributed by atoms with Crippen molar-refractivity contribution in [1.82, 2.24) is 0 Å². The van der Waals surface area contributed by atoms with E-state index in [1.807, 2.05) is 60.7 Å². The minimum absolute atomic E-state index is 0.437. The Morgan fingerprint density at radius 3 is 1.22 bits per heavy atom. The van der Waals surface area contributed by atoms with Gasteiger partial charge in [0.25, 0.3) is 0 Å². The summed E-state index contributed by atoms with van der Waals surface area (Å²) in [6.45, 7) is 0. The summed E-state index contributed by atoms with van der Waals surface area (Å²) in [5, 5.41) is 40.3. The van der Waals surface area contributed by atoms with Crippen LogP contribution in [0.25, 0.3) is 43.9 Å². The average Bonchev–Trinajstić information content (AvgIpc) is 3.36. The van der Waals surface area contributed by atoms with Crippen LogP contribution in [0.3, 0.4) is 0 Å². The largest absolute Gasteiger partial charge is 0.488 e. The highest BCUT2D eigenvalue weighted by Gasteiger charge is 2.14. The first-order valence-electron chi connectivity index (χ1n) is 10.1. The van der Waals surface area contributed by atoms with E-state index in [4.69, 9.17) is 28.9 Å². The van der Waals surface area contributed by atoms with Gasteiger partial charge in [-0.15, -0.1) is 0 Å². The molecule has 0 aliphatic heterocycles. The molecule has 0 radical (unpaired) electrons. The van der Waals surface area contributed by atoms with Crippen molar-refractivity contribution in [2.45, 2.75) is 0 Å². The van der Waals surface area contributed by atoms with Crippen LogP contribution in [-0.4, -0.2) is 34.3 Å². The van der Waals surface area contributed by atoms with E-state index in [-0.39, 0.29) is 0 Å². The number of rotatable bonds is 2. The topological polar surface area (TPSA) is 107 Å². The predicted molar refractivity (Wildman–Crippen MR) is 127 cm³/mol. The minimum Gasteiger partial charge on any atom is -0.456 e. The smallest absolute Gasteiger partial charge is 0.456 e. The van der Waals surface area contributed by atoms with Gasteiger partial charge in [-0.3, -0.25) is 0 Å². The Hall–Kier alpha value is -3.55. The molecular formula is C24H18B2O6. The first-order valence-corrected chi connectivity index (χ1v) is 10.1. The molecule has 2 heterocycles. The molecule has 2 aromatic heterocycles. The van der Waals surface area contributed by atoms with Gasteiger partial charge in [-0.2, -0.15) is 0 Å². The second kappa shape index (κ2) is 8.18. The molecule has 6 rings (SSSR count). The molecule has 0 amide bonds. The number of hydrogen-bond donors (Lipinski definition) is 4. The van der Waals surface area contributed by atoms with Crippen molar-refractivity contribution in [3.63, 3.8) is 0 Å². The van der Waals surface area contributed by atoms with Gasteiger partial charge >= 0.3 is 14.2 Å². The predicted octanol–water partition coefficient (Wildman–Crippen LogP) is 2.53. The summed E-state index contributed by atoms with van der Waals surface area (Å²) in [4.78, 5) is 0. The molecule has 4 N–H and O–H groups in total. The summed E-state index contributed by atoms with van der Waals surface area (Å²) in [5.74, 6) is 0. The zero-order valence-corrected chi connectivity index (χ0v) is 16.8. The van der Waals surface area contributed by atoms with Gasteiger partial charge in [0, 0.05) is 21.5 Å². The molecular weight excluding hydrogens is 406 g/mol. The van der Waals surface area contributed by atoms with E-state index in [0.717, 1.165) is 32.7 Å². The van der Waals surface area contributed by atoms with Crippen molar-refractivity contribution < 1.29 is 28.9 Å². The molecule has 0 atom stereocenters. The summed E-state index contributed by atoms with van der Waals surface area (Å²) in [6.07, 6.45) is 0. The van der Waals surface area contributed by atoms with Crippen LogP contribution in [0.1, 0.15) is 0 Å². The fraction of sp³-hybridized carbons (Fsp3) is 0. The molecule has 8 heteroatoms. The lowest BCUT2D eigenvalue weighted by Gasteiger charge is -1.97. The van der Waals surface area contributed by atoms with Gasteiger partial charge in [0.15, 0.2) is 0 Å². The van der Waals surface area contributed by atoms with Crippen molar-refractivity contribution in [3.8, 4) is 0 Å². The van der Waals surface area contributed by atoms with Gasteiger partial charge in [0.2, 0.25) is 0 Å². The second-order valence-electron chi connectivity index (χ2n) is 7.45. The minimum atomic E-state index is -1.46. The van der Waals surface area contributed by atoms with Gasteiger partial charge in [0.1, 0.15) is 22.3 Å². The third kappa shape index (κ3) is 3.66. The molecule has 0 saturated carbocycles. The fourth-order valence-corrected chi connectivity index (χ4v) is 3.81. The molecule has 6 aromatic rings. The Balaban J connectivity index is 0.000000135. The van der Waals surface area contributed by atoms with E-state index in [2.05, 4.69) is 0 Å². The van der Waals surface area contributed by atoms with E-state index >= 15 is 0 Å². The summed E-state index contributed by atoms with van der Waals surface area (Å²) in [6, 6.07) is 25.8. The average molecular weight is 424 g/mol. The lowest BCUT2D eigenvalue weighted by atomic mass is 9.80. The van der Waals surface area contributed by atoms with Gasteiger partial charge in [-0.1, -0.05) is 60.7 Å². The van der Waals surface area contributed by atoms with Crippen LogP contribution in [0.2, 0.25) is 0 Å². The number of fused-ring (bicyclic) bond motifs is 6. The van der Waals surface area contributed by atoms with E-state index in [9.17, 15) is 0 Å². The maximum Gasteiger partial charge on any atom is 0.488 e. The third-order valence-corrected chi connectivity index (χ3v) is 5.40. The highest BCUT2D eigenvalue weighted by Crippen LogP contribution is 2.28. The van der Waals surface area contributed by atoms with Crippen LogP contribution >= 0.6 is 0 Å². The highest BCUT2D eigenvalue weighted by atomic mass is 16.4. The number of benzene rings is 4. The van der Waals surface area contributed by atoms with Gasteiger partial charge < -0.3 is 28.9 Å². The number of para-hydroxylation sites is 2. The Bertz CT molecular complexity index is 1430. The molecule has 0 aliphatic rings. The molecule has 4 aromatic carbocycles. The highest BCUT2D eigenvalue weighted by molar-refractivity contribution is 6.59. The van der Waals surface area contributed by atoms with Crippen LogP contribution in [0.5, 0.6) is 0 Å². The zero-order chi connectivity index (χ0) is 22.2. The first-order chi connectivity index (χ1) is 15.5. The number of hydrogen-bond acceptors (Lipinski definition) is 6. The molecule has 0 bridgehead atoms. The Labute approximate surface area is 183 Å². The molecule has 0 spiro atoms. The summed E-state index contributed by atoms with van der Waals surface area (Å²) in [5.41, 5.74) is 3.83. The number of furan rings is 2. The molecule has 0 aliphatic carbocycles. The normalized spacial score (nSPS) is 11.1. The Morgan fingerprint density at radius 1 is 0.438 bits per heavy atom. The summed E-state index contributed by atoms with van der Waals surface area (Å²) < 4.78 is 11.2. The summed E-state index contributed by atoms with van der Waals surface area (Å²) >= 11 is 0. The van der Waals surface area contributed by atoms with Crippen LogP contribution in [0.4, 0.5) is 0 Å². The van der Waals surface area contributed by atoms with E-state index in [0.29, 0.717) is 22.1 Å². The van der Waals surface area contributed by atoms with Gasteiger partial charge in [-0.25, -0.2) is 0 Å². The lowest BCUT2D eigenvalue weighted by Crippen LogP contribution is -2.29. The molecule has 0 fully saturated rings. The standard InChI is InChI=1S/2C12H9BO3/c2*14-13(15)8-5-6-10-9-3-1-2-4-11(9)16-12(10)7-8/h2*1-7,14-15H. The van der Waals surface area contributed by atoms with Crippen LogP contribution in [-0.2, 0) is 0 Å². The van der Waals surface area contributed by atoms with E-state index < -0.39 is 14.2 Å². The lowest BCUT2D eigenvalue weighted by molar-refractivity contribution is 0.424.